The summed E-state index contributed by atoms with van der Waals surface area (Å²) >= 11 is 1.52. The molecule has 0 N–H and O–H groups in total. The topological polar surface area (TPSA) is 68.7 Å². The number of carbonyl (C=O) groups is 2. The number of aryl methyl sites for hydroxylation is 1. The second-order valence-corrected chi connectivity index (χ2v) is 5.33. The monoisotopic (exact) mass is 296 g/mol. The Labute approximate surface area is 121 Å². The molecule has 1 amide bonds. The predicted molar refractivity (Wildman–Crippen MR) is 74.2 cm³/mol. The SMILES string of the molecule is COC(=O)C1COCCN1C(=O)/C=C/c1csc(C)n1. The highest BCUT2D eigenvalue weighted by atomic mass is 32.1. The Kier molecular flexibility index (Phi) is 4.86. The number of aromatic nitrogens is 1. The highest BCUT2D eigenvalue weighted by molar-refractivity contribution is 7.09. The normalized spacial score (nSPS) is 19.3. The van der Waals surface area contributed by atoms with Crippen LogP contribution in [-0.2, 0) is 19.1 Å². The molecule has 1 aromatic heterocycles. The number of hydrogen-bond donors (Lipinski definition) is 0. The molecule has 2 heterocycles. The van der Waals surface area contributed by atoms with Gasteiger partial charge in [0.05, 0.1) is 31.0 Å². The van der Waals surface area contributed by atoms with Crippen molar-refractivity contribution in [1.29, 1.82) is 0 Å². The lowest BCUT2D eigenvalue weighted by atomic mass is 10.2. The first kappa shape index (κ1) is 14.7. The summed E-state index contributed by atoms with van der Waals surface area (Å²) < 4.78 is 9.91. The van der Waals surface area contributed by atoms with Crippen LogP contribution in [0.5, 0.6) is 0 Å². The number of hydrogen-bond acceptors (Lipinski definition) is 6. The summed E-state index contributed by atoms with van der Waals surface area (Å²) in [6.07, 6.45) is 3.07. The molecule has 1 aromatic rings. The van der Waals surface area contributed by atoms with Gasteiger partial charge in [0.2, 0.25) is 5.91 Å². The molecule has 1 unspecified atom stereocenters. The van der Waals surface area contributed by atoms with Gasteiger partial charge in [0.25, 0.3) is 0 Å². The van der Waals surface area contributed by atoms with Gasteiger partial charge >= 0.3 is 5.97 Å². The summed E-state index contributed by atoms with van der Waals surface area (Å²) in [4.78, 5) is 29.5. The van der Waals surface area contributed by atoms with E-state index in [0.29, 0.717) is 13.2 Å². The Bertz CT molecular complexity index is 526. The van der Waals surface area contributed by atoms with Gasteiger partial charge in [-0.2, -0.15) is 0 Å². The highest BCUT2D eigenvalue weighted by Crippen LogP contribution is 2.12. The average Bonchev–Trinajstić information content (AvgIpc) is 2.89. The molecule has 1 fully saturated rings. The third-order valence-electron chi connectivity index (χ3n) is 2.92. The van der Waals surface area contributed by atoms with Crippen molar-refractivity contribution in [1.82, 2.24) is 9.88 Å². The minimum atomic E-state index is -0.678. The van der Waals surface area contributed by atoms with Gasteiger partial charge in [-0.05, 0) is 13.0 Å². The van der Waals surface area contributed by atoms with Crippen LogP contribution in [0.15, 0.2) is 11.5 Å². The molecular formula is C13H16N2O4S. The summed E-state index contributed by atoms with van der Waals surface area (Å²) in [6.45, 7) is 2.86. The van der Waals surface area contributed by atoms with Crippen LogP contribution in [0.2, 0.25) is 0 Å². The summed E-state index contributed by atoms with van der Waals surface area (Å²) in [7, 11) is 1.30. The van der Waals surface area contributed by atoms with Crippen LogP contribution >= 0.6 is 11.3 Å². The number of esters is 1. The Hall–Kier alpha value is -1.73. The Morgan fingerprint density at radius 1 is 1.60 bits per heavy atom. The van der Waals surface area contributed by atoms with Crippen LogP contribution in [0.1, 0.15) is 10.7 Å². The average molecular weight is 296 g/mol. The van der Waals surface area contributed by atoms with Crippen LogP contribution in [0.4, 0.5) is 0 Å². The zero-order valence-electron chi connectivity index (χ0n) is 11.4. The summed E-state index contributed by atoms with van der Waals surface area (Å²) in [5.74, 6) is -0.703. The van der Waals surface area contributed by atoms with E-state index < -0.39 is 12.0 Å². The number of carbonyl (C=O) groups excluding carboxylic acids is 2. The summed E-state index contributed by atoms with van der Waals surface area (Å²) in [5.41, 5.74) is 0.740. The number of amides is 1. The molecule has 1 aliphatic rings. The Morgan fingerprint density at radius 3 is 3.05 bits per heavy atom. The number of nitrogens with zero attached hydrogens (tertiary/aromatic N) is 2. The van der Waals surface area contributed by atoms with Gasteiger partial charge in [-0.25, -0.2) is 9.78 Å². The van der Waals surface area contributed by atoms with E-state index in [2.05, 4.69) is 9.72 Å². The molecule has 6 nitrogen and oxygen atoms in total. The maximum atomic E-state index is 12.2. The molecule has 1 aliphatic heterocycles. The van der Waals surface area contributed by atoms with Crippen molar-refractivity contribution in [3.8, 4) is 0 Å². The standard InChI is InChI=1S/C13H16N2O4S/c1-9-14-10(8-20-9)3-4-12(16)15-5-6-19-7-11(15)13(17)18-2/h3-4,8,11H,5-7H2,1-2H3/b4-3+. The Morgan fingerprint density at radius 2 is 2.40 bits per heavy atom. The molecular weight excluding hydrogens is 280 g/mol. The molecule has 0 bridgehead atoms. The minimum absolute atomic E-state index is 0.169. The summed E-state index contributed by atoms with van der Waals surface area (Å²) in [6, 6.07) is -0.678. The van der Waals surface area contributed by atoms with Gasteiger partial charge in [-0.15, -0.1) is 11.3 Å². The predicted octanol–water partition coefficient (Wildman–Crippen LogP) is 0.865. The van der Waals surface area contributed by atoms with E-state index in [0.717, 1.165) is 10.7 Å². The van der Waals surface area contributed by atoms with E-state index in [1.54, 1.807) is 6.08 Å². The van der Waals surface area contributed by atoms with Crippen molar-refractivity contribution in [2.45, 2.75) is 13.0 Å². The number of thiazole rings is 1. The fourth-order valence-corrected chi connectivity index (χ4v) is 2.49. The lowest BCUT2D eigenvalue weighted by molar-refractivity contribution is -0.158. The van der Waals surface area contributed by atoms with E-state index >= 15 is 0 Å². The quantitative estimate of drug-likeness (QED) is 0.611. The van der Waals surface area contributed by atoms with E-state index in [1.807, 2.05) is 12.3 Å². The highest BCUT2D eigenvalue weighted by Gasteiger charge is 2.32. The maximum Gasteiger partial charge on any atom is 0.331 e. The molecule has 2 rings (SSSR count). The first-order chi connectivity index (χ1) is 9.61. The zero-order chi connectivity index (χ0) is 14.5. The molecule has 108 valence electrons. The van der Waals surface area contributed by atoms with Crippen LogP contribution in [0.3, 0.4) is 0 Å². The van der Waals surface area contributed by atoms with Gasteiger partial charge < -0.3 is 14.4 Å². The van der Waals surface area contributed by atoms with Crippen molar-refractivity contribution >= 4 is 29.3 Å². The third kappa shape index (κ3) is 3.43. The number of rotatable bonds is 3. The van der Waals surface area contributed by atoms with E-state index in [4.69, 9.17) is 4.74 Å². The van der Waals surface area contributed by atoms with Gasteiger partial charge in [-0.1, -0.05) is 0 Å². The fourth-order valence-electron chi connectivity index (χ4n) is 1.91. The lowest BCUT2D eigenvalue weighted by Crippen LogP contribution is -2.52. The number of morpholine rings is 1. The van der Waals surface area contributed by atoms with Gasteiger partial charge in [-0.3, -0.25) is 4.79 Å². The number of methoxy groups -OCH3 is 1. The van der Waals surface area contributed by atoms with E-state index in [1.165, 1.54) is 29.4 Å². The Balaban J connectivity index is 2.06. The van der Waals surface area contributed by atoms with E-state index in [-0.39, 0.29) is 12.5 Å². The van der Waals surface area contributed by atoms with Gasteiger partial charge in [0, 0.05) is 18.0 Å². The molecule has 20 heavy (non-hydrogen) atoms. The largest absolute Gasteiger partial charge is 0.467 e. The van der Waals surface area contributed by atoms with Crippen LogP contribution < -0.4 is 0 Å². The molecule has 1 atom stereocenters. The van der Waals surface area contributed by atoms with E-state index in [9.17, 15) is 9.59 Å². The molecule has 0 saturated carbocycles. The van der Waals surface area contributed by atoms with Crippen molar-refractivity contribution in [2.24, 2.45) is 0 Å². The molecule has 0 radical (unpaired) electrons. The van der Waals surface area contributed by atoms with Crippen molar-refractivity contribution < 1.29 is 19.1 Å². The van der Waals surface area contributed by atoms with Crippen molar-refractivity contribution in [2.75, 3.05) is 26.9 Å². The molecule has 0 spiro atoms. The van der Waals surface area contributed by atoms with Crippen molar-refractivity contribution in [3.63, 3.8) is 0 Å². The summed E-state index contributed by atoms with van der Waals surface area (Å²) in [5, 5.41) is 2.81. The molecule has 7 heteroatoms. The second-order valence-electron chi connectivity index (χ2n) is 4.27. The first-order valence-electron chi connectivity index (χ1n) is 6.18. The number of ether oxygens (including phenoxy) is 2. The fraction of sp³-hybridized carbons (Fsp3) is 0.462. The zero-order valence-corrected chi connectivity index (χ0v) is 12.2. The minimum Gasteiger partial charge on any atom is -0.467 e. The smallest absolute Gasteiger partial charge is 0.331 e. The second kappa shape index (κ2) is 6.62. The van der Waals surface area contributed by atoms with Crippen LogP contribution in [0.25, 0.3) is 6.08 Å². The molecule has 1 saturated heterocycles. The maximum absolute atomic E-state index is 12.2. The molecule has 0 aromatic carbocycles. The lowest BCUT2D eigenvalue weighted by Gasteiger charge is -2.32. The van der Waals surface area contributed by atoms with Gasteiger partial charge in [0.1, 0.15) is 0 Å². The van der Waals surface area contributed by atoms with Gasteiger partial charge in [0.15, 0.2) is 6.04 Å². The van der Waals surface area contributed by atoms with Crippen LogP contribution in [-0.4, -0.2) is 54.7 Å². The molecule has 0 aliphatic carbocycles. The van der Waals surface area contributed by atoms with Crippen LogP contribution in [0, 0.1) is 6.92 Å². The first-order valence-corrected chi connectivity index (χ1v) is 7.06. The van der Waals surface area contributed by atoms with Crippen molar-refractivity contribution in [3.05, 3.63) is 22.2 Å². The third-order valence-corrected chi connectivity index (χ3v) is 3.71.